The fourth-order valence-electron chi connectivity index (χ4n) is 3.86. The van der Waals surface area contributed by atoms with Crippen LogP contribution >= 0.6 is 0 Å². The molecule has 1 atom stereocenters. The van der Waals surface area contributed by atoms with Crippen molar-refractivity contribution < 1.29 is 28.7 Å². The van der Waals surface area contributed by atoms with E-state index in [2.05, 4.69) is 5.32 Å². The Hall–Kier alpha value is -4.26. The molecule has 0 saturated heterocycles. The number of carbonyl (C=O) groups is 4. The van der Waals surface area contributed by atoms with Gasteiger partial charge in [0.1, 0.15) is 5.75 Å². The number of nitrogens with one attached hydrogen (secondary N) is 1. The van der Waals surface area contributed by atoms with Crippen LogP contribution in [0.3, 0.4) is 0 Å². The van der Waals surface area contributed by atoms with Gasteiger partial charge in [-0.3, -0.25) is 14.4 Å². The van der Waals surface area contributed by atoms with Crippen molar-refractivity contribution in [3.05, 3.63) is 94.0 Å². The van der Waals surface area contributed by atoms with E-state index < -0.39 is 18.0 Å². The van der Waals surface area contributed by atoms with Gasteiger partial charge in [-0.2, -0.15) is 0 Å². The van der Waals surface area contributed by atoms with E-state index in [0.29, 0.717) is 22.6 Å². The maximum atomic E-state index is 12.9. The number of benzene rings is 3. The van der Waals surface area contributed by atoms with Crippen LogP contribution in [0.1, 0.15) is 49.9 Å². The van der Waals surface area contributed by atoms with Crippen LogP contribution in [-0.2, 0) is 14.3 Å². The quantitative estimate of drug-likeness (QED) is 0.439. The first-order valence-electron chi connectivity index (χ1n) is 10.8. The highest BCUT2D eigenvalue weighted by Crippen LogP contribution is 2.29. The summed E-state index contributed by atoms with van der Waals surface area (Å²) in [6.45, 7) is 4.85. The van der Waals surface area contributed by atoms with Crippen LogP contribution < -0.4 is 10.1 Å². The number of fused-ring (bicyclic) bond motifs is 2. The Labute approximate surface area is 196 Å². The molecule has 3 aromatic rings. The number of ketones is 2. The highest BCUT2D eigenvalue weighted by Gasteiger charge is 2.29. The van der Waals surface area contributed by atoms with Crippen LogP contribution in [0.2, 0.25) is 0 Å². The lowest BCUT2D eigenvalue weighted by Gasteiger charge is -2.19. The molecule has 0 aliphatic heterocycles. The summed E-state index contributed by atoms with van der Waals surface area (Å²) in [5.74, 6) is -1.19. The monoisotopic (exact) mass is 457 g/mol. The first kappa shape index (κ1) is 22.9. The first-order chi connectivity index (χ1) is 16.3. The summed E-state index contributed by atoms with van der Waals surface area (Å²) >= 11 is 0. The van der Waals surface area contributed by atoms with Gasteiger partial charge in [-0.15, -0.1) is 0 Å². The predicted octanol–water partition coefficient (Wildman–Crippen LogP) is 4.03. The van der Waals surface area contributed by atoms with Gasteiger partial charge >= 0.3 is 5.97 Å². The summed E-state index contributed by atoms with van der Waals surface area (Å²) in [5, 5.41) is 2.63. The molecule has 34 heavy (non-hydrogen) atoms. The van der Waals surface area contributed by atoms with Crippen LogP contribution in [0.25, 0.3) is 0 Å². The number of para-hydroxylation sites is 1. The Morgan fingerprint density at radius 1 is 0.824 bits per heavy atom. The third kappa shape index (κ3) is 4.45. The molecule has 172 valence electrons. The van der Waals surface area contributed by atoms with Crippen molar-refractivity contribution in [2.75, 3.05) is 11.9 Å². The van der Waals surface area contributed by atoms with Crippen molar-refractivity contribution in [3.8, 4) is 5.75 Å². The van der Waals surface area contributed by atoms with Gasteiger partial charge in [0.05, 0.1) is 0 Å². The fourth-order valence-corrected chi connectivity index (χ4v) is 3.86. The van der Waals surface area contributed by atoms with Gasteiger partial charge < -0.3 is 14.8 Å². The number of aryl methyl sites for hydroxylation is 2. The van der Waals surface area contributed by atoms with Crippen LogP contribution in [0, 0.1) is 13.8 Å². The largest absolute Gasteiger partial charge is 0.481 e. The van der Waals surface area contributed by atoms with Gasteiger partial charge in [-0.25, -0.2) is 4.79 Å². The summed E-state index contributed by atoms with van der Waals surface area (Å²) in [6, 6.07) is 16.8. The molecule has 0 aromatic heterocycles. The van der Waals surface area contributed by atoms with Gasteiger partial charge in [-0.1, -0.05) is 42.5 Å². The number of anilines is 1. The average molecular weight is 457 g/mol. The number of ether oxygens (including phenoxy) is 2. The van der Waals surface area contributed by atoms with Gasteiger partial charge in [0.15, 0.2) is 24.3 Å². The molecule has 0 saturated carbocycles. The molecule has 1 aliphatic carbocycles. The number of rotatable bonds is 6. The van der Waals surface area contributed by atoms with E-state index in [0.717, 1.165) is 11.1 Å². The first-order valence-corrected chi connectivity index (χ1v) is 10.8. The molecule has 7 heteroatoms. The van der Waals surface area contributed by atoms with Gasteiger partial charge in [0.25, 0.3) is 5.91 Å². The van der Waals surface area contributed by atoms with E-state index in [9.17, 15) is 19.2 Å². The zero-order valence-corrected chi connectivity index (χ0v) is 19.0. The van der Waals surface area contributed by atoms with E-state index in [1.807, 2.05) is 32.0 Å². The van der Waals surface area contributed by atoms with E-state index in [1.165, 1.54) is 25.1 Å². The lowest BCUT2D eigenvalue weighted by molar-refractivity contribution is -0.155. The second-order valence-electron chi connectivity index (χ2n) is 8.10. The maximum Gasteiger partial charge on any atom is 0.344 e. The Bertz CT molecular complexity index is 1310. The molecule has 7 nitrogen and oxygen atoms in total. The number of hydrogen-bond acceptors (Lipinski definition) is 6. The molecule has 1 aliphatic rings. The summed E-state index contributed by atoms with van der Waals surface area (Å²) < 4.78 is 10.8. The van der Waals surface area contributed by atoms with Crippen molar-refractivity contribution >= 4 is 29.1 Å². The molecule has 0 fully saturated rings. The normalized spacial score (nSPS) is 12.9. The molecule has 1 amide bonds. The van der Waals surface area contributed by atoms with Crippen LogP contribution in [0.4, 0.5) is 5.69 Å². The van der Waals surface area contributed by atoms with E-state index in [1.54, 1.807) is 24.3 Å². The molecular formula is C27H23NO6. The summed E-state index contributed by atoms with van der Waals surface area (Å²) in [7, 11) is 0. The number of amides is 1. The third-order valence-corrected chi connectivity index (χ3v) is 5.61. The number of carbonyl (C=O) groups excluding carboxylic acids is 4. The molecular weight excluding hydrogens is 434 g/mol. The number of esters is 1. The fraction of sp³-hybridized carbons (Fsp3) is 0.185. The van der Waals surface area contributed by atoms with Gasteiger partial charge in [-0.05, 0) is 50.1 Å². The Balaban J connectivity index is 1.39. The second kappa shape index (κ2) is 9.31. The van der Waals surface area contributed by atoms with Crippen molar-refractivity contribution in [1.29, 1.82) is 0 Å². The molecule has 0 spiro atoms. The van der Waals surface area contributed by atoms with Crippen LogP contribution in [0.5, 0.6) is 5.75 Å². The smallest absolute Gasteiger partial charge is 0.344 e. The average Bonchev–Trinajstić information content (AvgIpc) is 2.82. The number of hydrogen-bond donors (Lipinski definition) is 1. The van der Waals surface area contributed by atoms with Crippen LogP contribution in [-0.4, -0.2) is 36.2 Å². The zero-order chi connectivity index (χ0) is 24.4. The van der Waals surface area contributed by atoms with Gasteiger partial charge in [0.2, 0.25) is 0 Å². The minimum absolute atomic E-state index is 0.216. The summed E-state index contributed by atoms with van der Waals surface area (Å²) in [5.41, 5.74) is 3.29. The molecule has 4 rings (SSSR count). The molecule has 3 aromatic carbocycles. The van der Waals surface area contributed by atoms with Crippen molar-refractivity contribution in [1.82, 2.24) is 0 Å². The molecule has 0 bridgehead atoms. The topological polar surface area (TPSA) is 98.8 Å². The second-order valence-corrected chi connectivity index (χ2v) is 8.10. The Kier molecular flexibility index (Phi) is 6.27. The Morgan fingerprint density at radius 2 is 1.41 bits per heavy atom. The maximum absolute atomic E-state index is 12.9. The van der Waals surface area contributed by atoms with E-state index in [4.69, 9.17) is 9.47 Å². The minimum Gasteiger partial charge on any atom is -0.481 e. The third-order valence-electron chi connectivity index (χ3n) is 5.61. The molecule has 0 heterocycles. The SMILES string of the molecule is Cc1cccc(C)c1OCC(=O)OC(C)C(=O)Nc1ccc2c(c1)C(=O)c1ccccc1C2=O. The molecule has 1 N–H and O–H groups in total. The standard InChI is InChI=1S/C27H23NO6/c1-15-7-6-8-16(2)26(15)33-14-23(29)34-17(3)27(32)28-18-11-12-21-22(13-18)25(31)20-10-5-4-9-19(20)24(21)30/h4-13,17H,14H2,1-3H3,(H,28,32). The highest BCUT2D eigenvalue weighted by molar-refractivity contribution is 6.28. The Morgan fingerprint density at radius 3 is 2.06 bits per heavy atom. The molecule has 0 radical (unpaired) electrons. The van der Waals surface area contributed by atoms with Gasteiger partial charge in [0, 0.05) is 27.9 Å². The van der Waals surface area contributed by atoms with Crippen molar-refractivity contribution in [3.63, 3.8) is 0 Å². The lowest BCUT2D eigenvalue weighted by Crippen LogP contribution is -2.32. The summed E-state index contributed by atoms with van der Waals surface area (Å²) in [6.07, 6.45) is -1.09. The predicted molar refractivity (Wildman–Crippen MR) is 125 cm³/mol. The highest BCUT2D eigenvalue weighted by atomic mass is 16.6. The zero-order valence-electron chi connectivity index (χ0n) is 19.0. The lowest BCUT2D eigenvalue weighted by atomic mass is 9.84. The molecule has 1 unspecified atom stereocenters. The van der Waals surface area contributed by atoms with Crippen molar-refractivity contribution in [2.45, 2.75) is 26.9 Å². The summed E-state index contributed by atoms with van der Waals surface area (Å²) in [4.78, 5) is 50.3. The van der Waals surface area contributed by atoms with Crippen molar-refractivity contribution in [2.24, 2.45) is 0 Å². The minimum atomic E-state index is -1.09. The van der Waals surface area contributed by atoms with E-state index in [-0.39, 0.29) is 29.3 Å². The van der Waals surface area contributed by atoms with E-state index >= 15 is 0 Å². The van der Waals surface area contributed by atoms with Crippen LogP contribution in [0.15, 0.2) is 60.7 Å².